The van der Waals surface area contributed by atoms with Gasteiger partial charge in [0.25, 0.3) is 0 Å². The fraction of sp³-hybridized carbons (Fsp3) is 0.0476. The second-order valence-corrected chi connectivity index (χ2v) is 14.0. The Labute approximate surface area is 267 Å². The molecule has 0 bridgehead atoms. The summed E-state index contributed by atoms with van der Waals surface area (Å²) in [6, 6.07) is 50.2. The number of rotatable bonds is 4. The Kier molecular flexibility index (Phi) is 5.87. The molecule has 0 radical (unpaired) electrons. The number of benzene rings is 7. The first kappa shape index (κ1) is 26.9. The number of aromatic nitrogens is 1. The van der Waals surface area contributed by atoms with Crippen molar-refractivity contribution < 1.29 is 8.42 Å². The molecule has 46 heavy (non-hydrogen) atoms. The first-order valence-electron chi connectivity index (χ1n) is 15.7. The monoisotopic (exact) mass is 611 g/mol. The van der Waals surface area contributed by atoms with E-state index in [1.165, 1.54) is 21.5 Å². The van der Waals surface area contributed by atoms with Gasteiger partial charge in [-0.05, 0) is 116 Å². The van der Waals surface area contributed by atoms with Crippen molar-refractivity contribution in [2.75, 3.05) is 0 Å². The summed E-state index contributed by atoms with van der Waals surface area (Å²) < 4.78 is 30.0. The van der Waals surface area contributed by atoms with Gasteiger partial charge in [-0.1, -0.05) is 97.9 Å². The molecule has 0 unspecified atom stereocenters. The van der Waals surface area contributed by atoms with Crippen LogP contribution in [-0.4, -0.2) is 13.0 Å². The summed E-state index contributed by atoms with van der Waals surface area (Å²) >= 11 is 0. The standard InChI is InChI=1S/C42H29NO2S/c1-2-36-26-38-37(19-20-41-42(38)43(36)39-13-7-8-14-40(39)46(41,44)45)35-24-33(31-17-15-27-9-3-5-11-29(27)21-31)23-34(25-35)32-18-16-28-10-4-6-12-30(28)22-32/h3-26H,2H2,1H3. The van der Waals surface area contributed by atoms with Gasteiger partial charge in [-0.3, -0.25) is 0 Å². The SMILES string of the molecule is CCc1cc2c(-c3cc(-c4ccc5ccccc5c4)cc(-c4ccc5ccccc5c4)c3)ccc3c2n1-c1ccccc1S3(=O)=O. The minimum absolute atomic E-state index is 0.361. The lowest BCUT2D eigenvalue weighted by Gasteiger charge is -2.22. The van der Waals surface area contributed by atoms with Crippen molar-refractivity contribution in [3.8, 4) is 39.1 Å². The fourth-order valence-corrected chi connectivity index (χ4v) is 8.82. The van der Waals surface area contributed by atoms with Gasteiger partial charge in [0.1, 0.15) is 0 Å². The van der Waals surface area contributed by atoms with Crippen LogP contribution in [0.4, 0.5) is 0 Å². The maximum Gasteiger partial charge on any atom is 0.210 e. The Morgan fingerprint density at radius 3 is 1.70 bits per heavy atom. The highest BCUT2D eigenvalue weighted by Crippen LogP contribution is 2.45. The number of fused-ring (bicyclic) bond motifs is 4. The van der Waals surface area contributed by atoms with E-state index in [9.17, 15) is 8.42 Å². The zero-order valence-corrected chi connectivity index (χ0v) is 26.1. The van der Waals surface area contributed by atoms with Crippen LogP contribution in [0.2, 0.25) is 0 Å². The molecule has 7 aromatic carbocycles. The van der Waals surface area contributed by atoms with E-state index in [0.29, 0.717) is 9.79 Å². The highest BCUT2D eigenvalue weighted by molar-refractivity contribution is 7.92. The van der Waals surface area contributed by atoms with Crippen molar-refractivity contribution in [2.24, 2.45) is 0 Å². The van der Waals surface area contributed by atoms with Crippen LogP contribution in [0.3, 0.4) is 0 Å². The maximum atomic E-state index is 13.9. The highest BCUT2D eigenvalue weighted by Gasteiger charge is 2.33. The summed E-state index contributed by atoms with van der Waals surface area (Å²) in [4.78, 5) is 0.726. The highest BCUT2D eigenvalue weighted by atomic mass is 32.2. The van der Waals surface area contributed by atoms with Gasteiger partial charge in [0, 0.05) is 11.1 Å². The van der Waals surface area contributed by atoms with E-state index in [-0.39, 0.29) is 0 Å². The van der Waals surface area contributed by atoms with Gasteiger partial charge >= 0.3 is 0 Å². The molecule has 9 rings (SSSR count). The third kappa shape index (κ3) is 4.00. The molecule has 3 nitrogen and oxygen atoms in total. The summed E-state index contributed by atoms with van der Waals surface area (Å²) in [6.45, 7) is 2.13. The smallest absolute Gasteiger partial charge is 0.210 e. The number of hydrogen-bond donors (Lipinski definition) is 0. The summed E-state index contributed by atoms with van der Waals surface area (Å²) in [6.07, 6.45) is 0.779. The van der Waals surface area contributed by atoms with Gasteiger partial charge in [0.15, 0.2) is 0 Å². The van der Waals surface area contributed by atoms with Crippen molar-refractivity contribution in [2.45, 2.75) is 23.1 Å². The van der Waals surface area contributed by atoms with Crippen molar-refractivity contribution in [1.29, 1.82) is 0 Å². The third-order valence-electron chi connectivity index (χ3n) is 9.46. The molecule has 1 aliphatic heterocycles. The average molecular weight is 612 g/mol. The Bertz CT molecular complexity index is 2550. The molecular weight excluding hydrogens is 583 g/mol. The quantitative estimate of drug-likeness (QED) is 0.199. The molecule has 1 aromatic heterocycles. The van der Waals surface area contributed by atoms with Crippen LogP contribution in [0.5, 0.6) is 0 Å². The number of para-hydroxylation sites is 1. The van der Waals surface area contributed by atoms with Gasteiger partial charge in [-0.2, -0.15) is 0 Å². The number of sulfone groups is 1. The molecule has 4 heteroatoms. The van der Waals surface area contributed by atoms with Crippen LogP contribution in [0.1, 0.15) is 12.6 Å². The van der Waals surface area contributed by atoms with Crippen molar-refractivity contribution >= 4 is 42.3 Å². The molecule has 0 spiro atoms. The van der Waals surface area contributed by atoms with Crippen LogP contribution < -0.4 is 0 Å². The molecule has 8 aromatic rings. The molecule has 0 saturated carbocycles. The lowest BCUT2D eigenvalue weighted by Crippen LogP contribution is -2.15. The molecular formula is C42H29NO2S. The van der Waals surface area contributed by atoms with E-state index in [1.807, 2.05) is 18.2 Å². The van der Waals surface area contributed by atoms with Crippen molar-refractivity contribution in [1.82, 2.24) is 4.57 Å². The summed E-state index contributed by atoms with van der Waals surface area (Å²) in [5.41, 5.74) is 9.15. The van der Waals surface area contributed by atoms with E-state index >= 15 is 0 Å². The largest absolute Gasteiger partial charge is 0.311 e. The Morgan fingerprint density at radius 2 is 1.07 bits per heavy atom. The summed E-state index contributed by atoms with van der Waals surface area (Å²) in [7, 11) is -3.67. The maximum absolute atomic E-state index is 13.9. The van der Waals surface area contributed by atoms with Crippen LogP contribution in [0.15, 0.2) is 155 Å². The van der Waals surface area contributed by atoms with E-state index in [0.717, 1.165) is 62.1 Å². The minimum atomic E-state index is -3.67. The van der Waals surface area contributed by atoms with Gasteiger partial charge < -0.3 is 4.57 Å². The second-order valence-electron chi connectivity index (χ2n) is 12.1. The van der Waals surface area contributed by atoms with Crippen LogP contribution in [0.25, 0.3) is 71.5 Å². The van der Waals surface area contributed by atoms with Crippen molar-refractivity contribution in [3.63, 3.8) is 0 Å². The number of nitrogens with zero attached hydrogens (tertiary/aromatic N) is 1. The topological polar surface area (TPSA) is 39.1 Å². The summed E-state index contributed by atoms with van der Waals surface area (Å²) in [5.74, 6) is 0. The molecule has 0 amide bonds. The first-order chi connectivity index (χ1) is 22.5. The Hall–Kier alpha value is -5.45. The second kappa shape index (κ2) is 10.0. The number of hydrogen-bond acceptors (Lipinski definition) is 2. The molecule has 0 fully saturated rings. The average Bonchev–Trinajstić information content (AvgIpc) is 3.50. The van der Waals surface area contributed by atoms with E-state index < -0.39 is 9.84 Å². The van der Waals surface area contributed by atoms with Crippen LogP contribution in [-0.2, 0) is 16.3 Å². The van der Waals surface area contributed by atoms with Crippen LogP contribution in [0, 0.1) is 0 Å². The predicted octanol–water partition coefficient (Wildman–Crippen LogP) is 10.6. The Balaban J connectivity index is 1.33. The minimum Gasteiger partial charge on any atom is -0.311 e. The lowest BCUT2D eigenvalue weighted by molar-refractivity contribution is 0.594. The summed E-state index contributed by atoms with van der Waals surface area (Å²) in [5, 5.41) is 5.75. The zero-order valence-electron chi connectivity index (χ0n) is 25.2. The van der Waals surface area contributed by atoms with E-state index in [2.05, 4.69) is 121 Å². The molecule has 0 N–H and O–H groups in total. The van der Waals surface area contributed by atoms with Gasteiger partial charge in [-0.15, -0.1) is 0 Å². The predicted molar refractivity (Wildman–Crippen MR) is 189 cm³/mol. The van der Waals surface area contributed by atoms with Gasteiger partial charge in [0.2, 0.25) is 9.84 Å². The molecule has 0 saturated heterocycles. The molecule has 1 aliphatic rings. The number of aryl methyl sites for hydroxylation is 1. The van der Waals surface area contributed by atoms with Gasteiger partial charge in [0.05, 0.1) is 21.0 Å². The van der Waals surface area contributed by atoms with E-state index in [4.69, 9.17) is 0 Å². The molecule has 0 aliphatic carbocycles. The third-order valence-corrected chi connectivity index (χ3v) is 11.3. The lowest BCUT2D eigenvalue weighted by atomic mass is 9.91. The van der Waals surface area contributed by atoms with Crippen molar-refractivity contribution in [3.05, 3.63) is 151 Å². The van der Waals surface area contributed by atoms with Gasteiger partial charge in [-0.25, -0.2) is 8.42 Å². The first-order valence-corrected chi connectivity index (χ1v) is 17.1. The normalized spacial score (nSPS) is 13.3. The Morgan fingerprint density at radius 1 is 0.500 bits per heavy atom. The van der Waals surface area contributed by atoms with E-state index in [1.54, 1.807) is 18.2 Å². The fourth-order valence-electron chi connectivity index (χ4n) is 7.19. The molecule has 2 heterocycles. The molecule has 220 valence electrons. The zero-order chi connectivity index (χ0) is 31.0. The van der Waals surface area contributed by atoms with Crippen LogP contribution >= 0.6 is 0 Å². The molecule has 0 atom stereocenters.